The van der Waals surface area contributed by atoms with Crippen molar-refractivity contribution in [2.24, 2.45) is 11.3 Å². The molecule has 2 unspecified atom stereocenters. The number of ether oxygens (including phenoxy) is 1. The summed E-state index contributed by atoms with van der Waals surface area (Å²) < 4.78 is 4.85. The van der Waals surface area contributed by atoms with Gasteiger partial charge in [0.2, 0.25) is 0 Å². The zero-order valence-corrected chi connectivity index (χ0v) is 12.5. The zero-order chi connectivity index (χ0) is 13.8. The number of likely N-dealkylation sites (N-methyl/N-ethyl adjacent to an activating group) is 1. The highest BCUT2D eigenvalue weighted by Crippen LogP contribution is 2.30. The van der Waals surface area contributed by atoms with Crippen molar-refractivity contribution in [2.75, 3.05) is 26.7 Å². The highest BCUT2D eigenvalue weighted by molar-refractivity contribution is 5.67. The predicted molar refractivity (Wildman–Crippen MR) is 73.6 cm³/mol. The molecular formula is C14H28N2O2. The Morgan fingerprint density at radius 2 is 2.06 bits per heavy atom. The highest BCUT2D eigenvalue weighted by Gasteiger charge is 2.32. The third-order valence-electron chi connectivity index (χ3n) is 3.36. The molecule has 1 aliphatic heterocycles. The summed E-state index contributed by atoms with van der Waals surface area (Å²) in [7, 11) is 1.46. The number of amides is 1. The summed E-state index contributed by atoms with van der Waals surface area (Å²) in [5, 5.41) is 3.46. The Hall–Kier alpha value is -0.770. The average Bonchev–Trinajstić information content (AvgIpc) is 2.25. The summed E-state index contributed by atoms with van der Waals surface area (Å²) in [6.45, 7) is 11.4. The van der Waals surface area contributed by atoms with E-state index in [0.29, 0.717) is 17.4 Å². The van der Waals surface area contributed by atoms with E-state index in [4.69, 9.17) is 4.74 Å². The summed E-state index contributed by atoms with van der Waals surface area (Å²) in [4.78, 5) is 13.5. The SMILES string of the molecule is CCNC1CC(CC(C)(C)C)CN(C(=O)OC)C1. The minimum atomic E-state index is -0.198. The molecule has 106 valence electrons. The average molecular weight is 256 g/mol. The van der Waals surface area contributed by atoms with Gasteiger partial charge in [0.15, 0.2) is 0 Å². The standard InChI is InChI=1S/C14H28N2O2/c1-6-15-12-7-11(8-14(2,3)4)9-16(10-12)13(17)18-5/h11-12,15H,6-10H2,1-5H3. The third-order valence-corrected chi connectivity index (χ3v) is 3.36. The molecule has 0 radical (unpaired) electrons. The Morgan fingerprint density at radius 3 is 2.56 bits per heavy atom. The largest absolute Gasteiger partial charge is 0.453 e. The summed E-state index contributed by atoms with van der Waals surface area (Å²) in [5.74, 6) is 0.557. The number of likely N-dealkylation sites (tertiary alicyclic amines) is 1. The molecule has 0 aromatic carbocycles. The monoisotopic (exact) mass is 256 g/mol. The molecule has 1 N–H and O–H groups in total. The van der Waals surface area contributed by atoms with Crippen molar-refractivity contribution >= 4 is 6.09 Å². The lowest BCUT2D eigenvalue weighted by Gasteiger charge is -2.39. The molecule has 1 amide bonds. The lowest BCUT2D eigenvalue weighted by molar-refractivity contribution is 0.0811. The fraction of sp³-hybridized carbons (Fsp3) is 0.929. The van der Waals surface area contributed by atoms with Crippen LogP contribution in [0.25, 0.3) is 0 Å². The van der Waals surface area contributed by atoms with Crippen LogP contribution in [0.2, 0.25) is 0 Å². The highest BCUT2D eigenvalue weighted by atomic mass is 16.5. The first-order valence-corrected chi connectivity index (χ1v) is 6.92. The number of rotatable bonds is 3. The van der Waals surface area contributed by atoms with Crippen molar-refractivity contribution in [1.82, 2.24) is 10.2 Å². The zero-order valence-electron chi connectivity index (χ0n) is 12.5. The lowest BCUT2D eigenvalue weighted by atomic mass is 9.80. The first-order chi connectivity index (χ1) is 8.35. The molecule has 1 saturated heterocycles. The molecule has 2 atom stereocenters. The maximum absolute atomic E-state index is 11.7. The second-order valence-corrected chi connectivity index (χ2v) is 6.50. The maximum atomic E-state index is 11.7. The summed E-state index contributed by atoms with van der Waals surface area (Å²) in [5.41, 5.74) is 0.306. The van der Waals surface area contributed by atoms with Crippen LogP contribution in [-0.2, 0) is 4.74 Å². The Morgan fingerprint density at radius 1 is 1.39 bits per heavy atom. The van der Waals surface area contributed by atoms with Gasteiger partial charge >= 0.3 is 6.09 Å². The minimum absolute atomic E-state index is 0.198. The van der Waals surface area contributed by atoms with E-state index in [2.05, 4.69) is 33.0 Å². The van der Waals surface area contributed by atoms with Crippen LogP contribution in [-0.4, -0.2) is 43.8 Å². The van der Waals surface area contributed by atoms with Gasteiger partial charge in [0.25, 0.3) is 0 Å². The van der Waals surface area contributed by atoms with Crippen LogP contribution >= 0.6 is 0 Å². The number of piperidine rings is 1. The van der Waals surface area contributed by atoms with E-state index in [0.717, 1.165) is 32.5 Å². The molecule has 1 aliphatic rings. The molecule has 18 heavy (non-hydrogen) atoms. The third kappa shape index (κ3) is 4.84. The minimum Gasteiger partial charge on any atom is -0.453 e. The van der Waals surface area contributed by atoms with Crippen molar-refractivity contribution in [1.29, 1.82) is 0 Å². The van der Waals surface area contributed by atoms with Gasteiger partial charge in [0, 0.05) is 19.1 Å². The normalized spacial score (nSPS) is 25.1. The molecule has 0 saturated carbocycles. The number of hydrogen-bond acceptors (Lipinski definition) is 3. The summed E-state index contributed by atoms with van der Waals surface area (Å²) in [6.07, 6.45) is 2.09. The van der Waals surface area contributed by atoms with E-state index < -0.39 is 0 Å². The Bertz CT molecular complexity index is 273. The van der Waals surface area contributed by atoms with E-state index in [1.54, 1.807) is 0 Å². The van der Waals surface area contributed by atoms with E-state index in [1.165, 1.54) is 7.11 Å². The van der Waals surface area contributed by atoms with E-state index in [1.807, 2.05) is 4.90 Å². The van der Waals surface area contributed by atoms with Crippen LogP contribution in [0.1, 0.15) is 40.5 Å². The van der Waals surface area contributed by atoms with Gasteiger partial charge in [-0.3, -0.25) is 0 Å². The second kappa shape index (κ2) is 6.41. The lowest BCUT2D eigenvalue weighted by Crippen LogP contribution is -2.51. The predicted octanol–water partition coefficient (Wildman–Crippen LogP) is 2.49. The van der Waals surface area contributed by atoms with Gasteiger partial charge in [-0.2, -0.15) is 0 Å². The number of methoxy groups -OCH3 is 1. The van der Waals surface area contributed by atoms with Gasteiger partial charge in [0.05, 0.1) is 7.11 Å². The molecule has 1 rings (SSSR count). The fourth-order valence-corrected chi connectivity index (χ4v) is 2.93. The van der Waals surface area contributed by atoms with Gasteiger partial charge in [-0.1, -0.05) is 27.7 Å². The fourth-order valence-electron chi connectivity index (χ4n) is 2.93. The first kappa shape index (κ1) is 15.3. The van der Waals surface area contributed by atoms with E-state index in [-0.39, 0.29) is 6.09 Å². The quantitative estimate of drug-likeness (QED) is 0.843. The number of hydrogen-bond donors (Lipinski definition) is 1. The molecular weight excluding hydrogens is 228 g/mol. The van der Waals surface area contributed by atoms with Gasteiger partial charge in [-0.05, 0) is 30.7 Å². The Balaban J connectivity index is 2.65. The van der Waals surface area contributed by atoms with Crippen LogP contribution in [0.5, 0.6) is 0 Å². The topological polar surface area (TPSA) is 41.6 Å². The van der Waals surface area contributed by atoms with Gasteiger partial charge in [-0.25, -0.2) is 4.79 Å². The van der Waals surface area contributed by atoms with Gasteiger partial charge < -0.3 is 15.0 Å². The van der Waals surface area contributed by atoms with Crippen molar-refractivity contribution in [3.63, 3.8) is 0 Å². The second-order valence-electron chi connectivity index (χ2n) is 6.50. The molecule has 4 nitrogen and oxygen atoms in total. The van der Waals surface area contributed by atoms with E-state index >= 15 is 0 Å². The van der Waals surface area contributed by atoms with E-state index in [9.17, 15) is 4.79 Å². The van der Waals surface area contributed by atoms with Crippen molar-refractivity contribution in [3.05, 3.63) is 0 Å². The molecule has 1 heterocycles. The molecule has 0 aromatic rings. The number of nitrogens with one attached hydrogen (secondary N) is 1. The number of carbonyl (C=O) groups is 1. The van der Waals surface area contributed by atoms with Gasteiger partial charge in [-0.15, -0.1) is 0 Å². The Kier molecular flexibility index (Phi) is 5.45. The molecule has 0 aromatic heterocycles. The number of carbonyl (C=O) groups excluding carboxylic acids is 1. The van der Waals surface area contributed by atoms with Crippen LogP contribution in [0.15, 0.2) is 0 Å². The van der Waals surface area contributed by atoms with Crippen LogP contribution in [0.3, 0.4) is 0 Å². The van der Waals surface area contributed by atoms with Crippen LogP contribution in [0, 0.1) is 11.3 Å². The molecule has 4 heteroatoms. The smallest absolute Gasteiger partial charge is 0.409 e. The first-order valence-electron chi connectivity index (χ1n) is 6.92. The summed E-state index contributed by atoms with van der Waals surface area (Å²) in [6, 6.07) is 0.398. The summed E-state index contributed by atoms with van der Waals surface area (Å²) >= 11 is 0. The molecule has 0 spiro atoms. The number of nitrogens with zero attached hydrogens (tertiary/aromatic N) is 1. The molecule has 1 fully saturated rings. The molecule has 0 bridgehead atoms. The van der Waals surface area contributed by atoms with Crippen LogP contribution < -0.4 is 5.32 Å². The van der Waals surface area contributed by atoms with Gasteiger partial charge in [0.1, 0.15) is 0 Å². The maximum Gasteiger partial charge on any atom is 0.409 e. The van der Waals surface area contributed by atoms with Crippen molar-refractivity contribution in [2.45, 2.75) is 46.6 Å². The van der Waals surface area contributed by atoms with Crippen LogP contribution in [0.4, 0.5) is 4.79 Å². The van der Waals surface area contributed by atoms with Crippen molar-refractivity contribution < 1.29 is 9.53 Å². The molecule has 0 aliphatic carbocycles. The Labute approximate surface area is 111 Å². The van der Waals surface area contributed by atoms with Crippen molar-refractivity contribution in [3.8, 4) is 0 Å².